The Bertz CT molecular complexity index is 1610. The third kappa shape index (κ3) is 4.39. The van der Waals surface area contributed by atoms with Gasteiger partial charge >= 0.3 is 0 Å². The van der Waals surface area contributed by atoms with Crippen molar-refractivity contribution >= 4 is 38.4 Å². The molecule has 2 aliphatic rings. The number of nitrogens with zero attached hydrogens (tertiary/aromatic N) is 8. The first kappa shape index (κ1) is 24.7. The molecule has 2 N–H and O–H groups in total. The van der Waals surface area contributed by atoms with Crippen molar-refractivity contribution in [2.75, 3.05) is 23.3 Å². The molecule has 12 nitrogen and oxygen atoms in total. The summed E-state index contributed by atoms with van der Waals surface area (Å²) in [7, 11) is -3.46. The lowest BCUT2D eigenvalue weighted by molar-refractivity contribution is 0.00441. The molecule has 6 rings (SSSR count). The molecule has 4 aromatic rings. The summed E-state index contributed by atoms with van der Waals surface area (Å²) in [6, 6.07) is 3.81. The number of pyridine rings is 1. The highest BCUT2D eigenvalue weighted by Gasteiger charge is 2.39. The first-order chi connectivity index (χ1) is 18.0. The summed E-state index contributed by atoms with van der Waals surface area (Å²) >= 11 is 0. The molecule has 0 radical (unpaired) electrons. The maximum absolute atomic E-state index is 12.5. The molecule has 4 aromatic heterocycles. The van der Waals surface area contributed by atoms with Crippen molar-refractivity contribution in [3.63, 3.8) is 0 Å². The van der Waals surface area contributed by atoms with Gasteiger partial charge in [-0.1, -0.05) is 0 Å². The lowest BCUT2D eigenvalue weighted by Gasteiger charge is -2.45. The summed E-state index contributed by atoms with van der Waals surface area (Å²) in [6.45, 7) is 9.35. The number of hydrogen-bond acceptors (Lipinski definition) is 10. The Kier molecular flexibility index (Phi) is 5.69. The van der Waals surface area contributed by atoms with Crippen LogP contribution in [0.25, 0.3) is 22.3 Å². The molecule has 0 amide bonds. The molecule has 0 spiro atoms. The van der Waals surface area contributed by atoms with Crippen LogP contribution in [-0.2, 0) is 10.0 Å². The topological polar surface area (TPSA) is 144 Å². The Morgan fingerprint density at radius 1 is 1.13 bits per heavy atom. The fourth-order valence-electron chi connectivity index (χ4n) is 4.59. The molecule has 1 aliphatic carbocycles. The van der Waals surface area contributed by atoms with Gasteiger partial charge in [0.25, 0.3) is 10.0 Å². The first-order valence-electron chi connectivity index (χ1n) is 12.8. The number of aromatic nitrogens is 7. The molecule has 1 saturated carbocycles. The number of fused-ring (bicyclic) bond motifs is 1. The highest BCUT2D eigenvalue weighted by molar-refractivity contribution is 7.90. The predicted molar refractivity (Wildman–Crippen MR) is 144 cm³/mol. The second kappa shape index (κ2) is 8.73. The number of hydrogen-bond donors (Lipinski definition) is 2. The second-order valence-corrected chi connectivity index (χ2v) is 13.0. The molecule has 1 aliphatic heterocycles. The van der Waals surface area contributed by atoms with Gasteiger partial charge in [0.05, 0.1) is 39.7 Å². The van der Waals surface area contributed by atoms with Gasteiger partial charge in [0, 0.05) is 43.5 Å². The molecule has 1 saturated heterocycles. The molecule has 13 heteroatoms. The Labute approximate surface area is 220 Å². The average Bonchev–Trinajstić information content (AvgIpc) is 3.45. The van der Waals surface area contributed by atoms with E-state index in [1.165, 1.54) is 12.4 Å². The fraction of sp³-hybridized carbons (Fsp3) is 0.480. The van der Waals surface area contributed by atoms with Gasteiger partial charge in [0.15, 0.2) is 11.6 Å². The highest BCUT2D eigenvalue weighted by atomic mass is 32.2. The normalized spacial score (nSPS) is 16.8. The summed E-state index contributed by atoms with van der Waals surface area (Å²) in [6.07, 6.45) is 7.67. The summed E-state index contributed by atoms with van der Waals surface area (Å²) in [4.78, 5) is 15.6. The zero-order chi connectivity index (χ0) is 26.8. The van der Waals surface area contributed by atoms with Crippen LogP contribution >= 0.6 is 0 Å². The van der Waals surface area contributed by atoms with Crippen LogP contribution in [0.3, 0.4) is 0 Å². The van der Waals surface area contributed by atoms with Gasteiger partial charge in [-0.05, 0) is 46.6 Å². The standard InChI is InChI=1S/C25H31N9O3S/c1-15(2)34-20-9-22(27-11-19(20)24(31-34)32-13-17(14-32)25(3,4)35)29-21-7-8-26-23(30-21)16-10-28-33(12-16)38(36,37)18-5-6-18/h7-12,15,17-18,35H,5-6,13-14H2,1-4H3,(H,26,27,29,30). The van der Waals surface area contributed by atoms with Gasteiger partial charge < -0.3 is 15.3 Å². The maximum atomic E-state index is 12.5. The first-order valence-corrected chi connectivity index (χ1v) is 14.3. The van der Waals surface area contributed by atoms with Crippen LogP contribution in [0.5, 0.6) is 0 Å². The third-order valence-corrected chi connectivity index (χ3v) is 9.21. The Morgan fingerprint density at radius 3 is 2.58 bits per heavy atom. The zero-order valence-corrected chi connectivity index (χ0v) is 22.6. The van der Waals surface area contributed by atoms with E-state index < -0.39 is 15.6 Å². The van der Waals surface area contributed by atoms with E-state index in [2.05, 4.69) is 44.1 Å². The Balaban J connectivity index is 1.26. The fourth-order valence-corrected chi connectivity index (χ4v) is 6.06. The predicted octanol–water partition coefficient (Wildman–Crippen LogP) is 2.96. The van der Waals surface area contributed by atoms with Crippen molar-refractivity contribution in [3.05, 3.63) is 36.9 Å². The van der Waals surface area contributed by atoms with E-state index in [-0.39, 0.29) is 17.2 Å². The Morgan fingerprint density at radius 2 is 1.89 bits per heavy atom. The van der Waals surface area contributed by atoms with Crippen LogP contribution in [-0.4, -0.2) is 71.4 Å². The highest BCUT2D eigenvalue weighted by Crippen LogP contribution is 2.36. The van der Waals surface area contributed by atoms with Gasteiger partial charge in [0.2, 0.25) is 0 Å². The van der Waals surface area contributed by atoms with Gasteiger partial charge in [-0.2, -0.15) is 14.3 Å². The monoisotopic (exact) mass is 537 g/mol. The van der Waals surface area contributed by atoms with E-state index in [9.17, 15) is 13.5 Å². The van der Waals surface area contributed by atoms with E-state index in [1.807, 2.05) is 30.8 Å². The SMILES string of the molecule is CC(C)n1nc(N2CC(C(C)(C)O)C2)c2cnc(Nc3ccnc(-c4cnn(S(=O)(=O)C5CC5)c4)n3)cc21. The largest absolute Gasteiger partial charge is 0.390 e. The summed E-state index contributed by atoms with van der Waals surface area (Å²) in [5, 5.41) is 23.1. The quantitative estimate of drug-likeness (QED) is 0.344. The summed E-state index contributed by atoms with van der Waals surface area (Å²) in [5.74, 6) is 2.55. The molecule has 5 heterocycles. The zero-order valence-electron chi connectivity index (χ0n) is 21.8. The third-order valence-electron chi connectivity index (χ3n) is 7.18. The van der Waals surface area contributed by atoms with E-state index in [0.717, 1.165) is 33.9 Å². The molecule has 200 valence electrons. The number of aliphatic hydroxyl groups is 1. The lowest BCUT2D eigenvalue weighted by Crippen LogP contribution is -2.56. The van der Waals surface area contributed by atoms with Crippen LogP contribution in [0, 0.1) is 5.92 Å². The minimum Gasteiger partial charge on any atom is -0.390 e. The minimum absolute atomic E-state index is 0.141. The smallest absolute Gasteiger partial charge is 0.256 e. The van der Waals surface area contributed by atoms with Gasteiger partial charge in [0.1, 0.15) is 11.6 Å². The molecule has 38 heavy (non-hydrogen) atoms. The van der Waals surface area contributed by atoms with Gasteiger partial charge in [-0.25, -0.2) is 23.4 Å². The molecule has 0 bridgehead atoms. The molecule has 0 unspecified atom stereocenters. The average molecular weight is 538 g/mol. The van der Waals surface area contributed by atoms with E-state index in [4.69, 9.17) is 5.10 Å². The minimum atomic E-state index is -3.46. The molecule has 0 aromatic carbocycles. The summed E-state index contributed by atoms with van der Waals surface area (Å²) in [5.41, 5.74) is 0.741. The molecule has 2 fully saturated rings. The number of rotatable bonds is 8. The molecule has 0 atom stereocenters. The number of anilines is 3. The number of nitrogens with one attached hydrogen (secondary N) is 1. The van der Waals surface area contributed by atoms with Gasteiger partial charge in [-0.3, -0.25) is 4.68 Å². The summed E-state index contributed by atoms with van der Waals surface area (Å²) < 4.78 is 27.9. The maximum Gasteiger partial charge on any atom is 0.256 e. The van der Waals surface area contributed by atoms with E-state index in [0.29, 0.717) is 35.9 Å². The molecular formula is C25H31N9O3S. The van der Waals surface area contributed by atoms with Crippen LogP contribution in [0.4, 0.5) is 17.5 Å². The van der Waals surface area contributed by atoms with Crippen molar-refractivity contribution < 1.29 is 13.5 Å². The van der Waals surface area contributed by atoms with Crippen molar-refractivity contribution in [2.45, 2.75) is 57.4 Å². The lowest BCUT2D eigenvalue weighted by atomic mass is 9.84. The van der Waals surface area contributed by atoms with E-state index in [1.54, 1.807) is 12.3 Å². The second-order valence-electron chi connectivity index (χ2n) is 10.9. The van der Waals surface area contributed by atoms with Crippen LogP contribution in [0.15, 0.2) is 36.9 Å². The van der Waals surface area contributed by atoms with Crippen molar-refractivity contribution in [1.29, 1.82) is 0 Å². The van der Waals surface area contributed by atoms with Gasteiger partial charge in [-0.15, -0.1) is 0 Å². The molecular weight excluding hydrogens is 506 g/mol. The van der Waals surface area contributed by atoms with Crippen LogP contribution in [0.1, 0.15) is 46.6 Å². The van der Waals surface area contributed by atoms with E-state index >= 15 is 0 Å². The van der Waals surface area contributed by atoms with Crippen LogP contribution in [0.2, 0.25) is 0 Å². The Hall–Kier alpha value is -3.58. The van der Waals surface area contributed by atoms with Crippen molar-refractivity contribution in [1.82, 2.24) is 33.9 Å². The van der Waals surface area contributed by atoms with Crippen LogP contribution < -0.4 is 10.2 Å². The van der Waals surface area contributed by atoms with Crippen molar-refractivity contribution in [2.24, 2.45) is 5.92 Å². The van der Waals surface area contributed by atoms with Crippen molar-refractivity contribution in [3.8, 4) is 11.4 Å².